The molecule has 2 aromatic heterocycles. The van der Waals surface area contributed by atoms with Gasteiger partial charge in [-0.15, -0.1) is 0 Å². The van der Waals surface area contributed by atoms with Crippen molar-refractivity contribution >= 4 is 30.1 Å². The van der Waals surface area contributed by atoms with Gasteiger partial charge in [0.25, 0.3) is 5.91 Å². The number of aromatic nitrogens is 2. The van der Waals surface area contributed by atoms with Crippen LogP contribution >= 0.6 is 0 Å². The summed E-state index contributed by atoms with van der Waals surface area (Å²) in [6, 6.07) is 4.31. The molecule has 3 aliphatic rings. The van der Waals surface area contributed by atoms with Gasteiger partial charge in [-0.25, -0.2) is 18.2 Å². The number of nitrogens with zero attached hydrogens (tertiary/aromatic N) is 3. The minimum Gasteiger partial charge on any atom is -0.377 e. The molecule has 0 fully saturated rings. The highest BCUT2D eigenvalue weighted by Crippen LogP contribution is 2.46. The number of amides is 3. The fourth-order valence-corrected chi connectivity index (χ4v) is 6.64. The standard InChI is InChI=1S/C34H34F3N5O5/c1-20-25(26-13-24(35)14-28(36)30(26)37)4-5-38-32(44)23-12-22-15-34(16-29(22)39-18-23)27-11-21(17-40-31(27)41-33(34)45)3-2-7-46-9-10-47-8-6-42(20)19-43/h2-3,11-14,17-20,25H,4-10,15-16H2,1H3,(H,38,44)(H,40,41,45)/b3-2+/t20?,25?,34-/m0/s1. The van der Waals surface area contributed by atoms with Crippen molar-refractivity contribution < 1.29 is 37.0 Å². The summed E-state index contributed by atoms with van der Waals surface area (Å²) in [5, 5.41) is 5.68. The molecule has 6 rings (SSSR count). The Bertz CT molecular complexity index is 1740. The van der Waals surface area contributed by atoms with Crippen LogP contribution in [0.25, 0.3) is 6.08 Å². The fourth-order valence-electron chi connectivity index (χ4n) is 6.64. The minimum absolute atomic E-state index is 0.00468. The summed E-state index contributed by atoms with van der Waals surface area (Å²) in [4.78, 5) is 49.0. The van der Waals surface area contributed by atoms with E-state index in [0.29, 0.717) is 43.4 Å². The van der Waals surface area contributed by atoms with Crippen LogP contribution in [-0.2, 0) is 37.3 Å². The second-order valence-corrected chi connectivity index (χ2v) is 12.0. The zero-order valence-electron chi connectivity index (χ0n) is 25.7. The molecule has 47 heavy (non-hydrogen) atoms. The average molecular weight is 650 g/mol. The number of ether oxygens (including phenoxy) is 2. The zero-order valence-corrected chi connectivity index (χ0v) is 25.7. The molecule has 2 N–H and O–H groups in total. The van der Waals surface area contributed by atoms with E-state index in [4.69, 9.17) is 9.47 Å². The van der Waals surface area contributed by atoms with E-state index in [2.05, 4.69) is 20.6 Å². The van der Waals surface area contributed by atoms with Crippen molar-refractivity contribution in [2.24, 2.45) is 0 Å². The van der Waals surface area contributed by atoms with Gasteiger partial charge in [-0.05, 0) is 54.7 Å². The van der Waals surface area contributed by atoms with Gasteiger partial charge in [-0.3, -0.25) is 19.4 Å². The second-order valence-electron chi connectivity index (χ2n) is 12.0. The van der Waals surface area contributed by atoms with E-state index in [0.717, 1.165) is 22.8 Å². The number of anilines is 1. The summed E-state index contributed by atoms with van der Waals surface area (Å²) in [7, 11) is 0. The number of fused-ring (bicyclic) bond motifs is 2. The molecule has 1 aromatic carbocycles. The van der Waals surface area contributed by atoms with Crippen molar-refractivity contribution in [1.82, 2.24) is 20.2 Å². The van der Waals surface area contributed by atoms with Gasteiger partial charge >= 0.3 is 0 Å². The van der Waals surface area contributed by atoms with E-state index < -0.39 is 40.7 Å². The smallest absolute Gasteiger partial charge is 0.252 e. The summed E-state index contributed by atoms with van der Waals surface area (Å²) in [6.07, 6.45) is 8.13. The lowest BCUT2D eigenvalue weighted by molar-refractivity contribution is -0.121. The van der Waals surface area contributed by atoms with E-state index in [1.165, 1.54) is 11.1 Å². The summed E-state index contributed by atoms with van der Waals surface area (Å²) in [6.45, 7) is 2.78. The molecule has 3 atom stereocenters. The SMILES string of the molecule is CC1C(c2cc(F)cc(F)c2F)CCNC(=O)c2cnc3c(c2)C[C@@]2(C3)C(=O)Nc3ncc(cc32)/C=C/COCCOCCN1C=O. The number of halogens is 3. The zero-order chi connectivity index (χ0) is 33.1. The quantitative estimate of drug-likeness (QED) is 0.321. The molecule has 3 amide bonds. The molecule has 2 unspecified atom stereocenters. The van der Waals surface area contributed by atoms with Gasteiger partial charge in [0.1, 0.15) is 11.6 Å². The van der Waals surface area contributed by atoms with Crippen molar-refractivity contribution in [3.63, 3.8) is 0 Å². The lowest BCUT2D eigenvalue weighted by Gasteiger charge is -2.33. The first kappa shape index (κ1) is 32.3. The summed E-state index contributed by atoms with van der Waals surface area (Å²) >= 11 is 0. The molecule has 0 saturated carbocycles. The minimum atomic E-state index is -1.34. The number of hydrogen-bond acceptors (Lipinski definition) is 7. The van der Waals surface area contributed by atoms with Crippen LogP contribution in [0.15, 0.2) is 42.7 Å². The highest BCUT2D eigenvalue weighted by Gasteiger charge is 2.52. The topological polar surface area (TPSA) is 123 Å². The molecule has 13 heteroatoms. The molecule has 2 aliphatic heterocycles. The highest BCUT2D eigenvalue weighted by atomic mass is 19.2. The normalized spacial score (nSPS) is 24.4. The van der Waals surface area contributed by atoms with Crippen LogP contribution in [0.1, 0.15) is 57.6 Å². The first-order valence-electron chi connectivity index (χ1n) is 15.5. The van der Waals surface area contributed by atoms with Gasteiger partial charge in [-0.2, -0.15) is 0 Å². The Kier molecular flexibility index (Phi) is 9.37. The number of carbonyl (C=O) groups excluding carboxylic acids is 3. The Morgan fingerprint density at radius 3 is 2.68 bits per heavy atom. The van der Waals surface area contributed by atoms with Crippen LogP contribution in [-0.4, -0.2) is 78.7 Å². The van der Waals surface area contributed by atoms with Gasteiger partial charge < -0.3 is 25.0 Å². The van der Waals surface area contributed by atoms with Crippen LogP contribution in [0.2, 0.25) is 0 Å². The molecular weight excluding hydrogens is 615 g/mol. The van der Waals surface area contributed by atoms with Crippen molar-refractivity contribution in [3.05, 3.63) is 93.7 Å². The van der Waals surface area contributed by atoms with E-state index in [9.17, 15) is 23.2 Å². The third-order valence-corrected chi connectivity index (χ3v) is 9.17. The summed E-state index contributed by atoms with van der Waals surface area (Å²) < 4.78 is 54.8. The van der Waals surface area contributed by atoms with Gasteiger partial charge in [0.05, 0.1) is 37.4 Å². The number of nitrogens with one attached hydrogen (secondary N) is 2. The molecule has 0 saturated heterocycles. The molecule has 5 bridgehead atoms. The predicted molar refractivity (Wildman–Crippen MR) is 165 cm³/mol. The van der Waals surface area contributed by atoms with Crippen molar-refractivity contribution in [2.45, 2.75) is 43.6 Å². The Hall–Kier alpha value is -4.62. The van der Waals surface area contributed by atoms with Crippen LogP contribution in [0, 0.1) is 17.5 Å². The number of pyridine rings is 2. The van der Waals surface area contributed by atoms with E-state index in [1.807, 2.05) is 18.2 Å². The number of hydrogen-bond donors (Lipinski definition) is 2. The predicted octanol–water partition coefficient (Wildman–Crippen LogP) is 3.69. The molecule has 246 valence electrons. The first-order chi connectivity index (χ1) is 22.7. The van der Waals surface area contributed by atoms with Gasteiger partial charge in [0.15, 0.2) is 11.6 Å². The van der Waals surface area contributed by atoms with Crippen LogP contribution in [0.3, 0.4) is 0 Å². The van der Waals surface area contributed by atoms with Crippen molar-refractivity contribution in [1.29, 1.82) is 0 Å². The lowest BCUT2D eigenvalue weighted by Crippen LogP contribution is -2.40. The van der Waals surface area contributed by atoms with E-state index in [1.54, 1.807) is 19.2 Å². The summed E-state index contributed by atoms with van der Waals surface area (Å²) in [5.41, 5.74) is 2.16. The van der Waals surface area contributed by atoms with Crippen LogP contribution < -0.4 is 10.6 Å². The third-order valence-electron chi connectivity index (χ3n) is 9.17. The molecule has 1 aliphatic carbocycles. The van der Waals surface area contributed by atoms with Gasteiger partial charge in [0, 0.05) is 61.2 Å². The molecule has 0 radical (unpaired) electrons. The fraction of sp³-hybridized carbons (Fsp3) is 0.382. The van der Waals surface area contributed by atoms with E-state index in [-0.39, 0.29) is 56.4 Å². The monoisotopic (exact) mass is 649 g/mol. The molecule has 1 spiro atoms. The maximum Gasteiger partial charge on any atom is 0.252 e. The molecule has 10 nitrogen and oxygen atoms in total. The van der Waals surface area contributed by atoms with Gasteiger partial charge in [-0.1, -0.05) is 12.2 Å². The largest absolute Gasteiger partial charge is 0.377 e. The second kappa shape index (κ2) is 13.6. The molecule has 3 aromatic rings. The highest BCUT2D eigenvalue weighted by molar-refractivity contribution is 6.06. The molecule has 4 heterocycles. The van der Waals surface area contributed by atoms with Crippen LogP contribution in [0.5, 0.6) is 0 Å². The average Bonchev–Trinajstić information content (AvgIpc) is 3.57. The Labute approximate surface area is 269 Å². The Morgan fingerprint density at radius 1 is 1.02 bits per heavy atom. The van der Waals surface area contributed by atoms with Gasteiger partial charge in [0.2, 0.25) is 12.3 Å². The first-order valence-corrected chi connectivity index (χ1v) is 15.5. The number of carbonyl (C=O) groups is 3. The number of benzene rings is 1. The van der Waals surface area contributed by atoms with Crippen LogP contribution in [0.4, 0.5) is 19.0 Å². The molecular formula is C34H34F3N5O5. The summed E-state index contributed by atoms with van der Waals surface area (Å²) in [5.74, 6) is -4.52. The maximum absolute atomic E-state index is 15.0. The Morgan fingerprint density at radius 2 is 1.85 bits per heavy atom. The third kappa shape index (κ3) is 6.50. The number of rotatable bonds is 2. The maximum atomic E-state index is 15.0. The lowest BCUT2D eigenvalue weighted by atomic mass is 9.79. The van der Waals surface area contributed by atoms with E-state index >= 15 is 4.39 Å². The Balaban J connectivity index is 1.28. The van der Waals surface area contributed by atoms with Crippen molar-refractivity contribution in [3.8, 4) is 0 Å². The van der Waals surface area contributed by atoms with Crippen molar-refractivity contribution in [2.75, 3.05) is 44.8 Å².